The van der Waals surface area contributed by atoms with Gasteiger partial charge in [0.1, 0.15) is 10.9 Å². The molecule has 2 aromatic carbocycles. The molecular formula is C19H16N2O2S2. The Balaban J connectivity index is 1.70. The lowest BCUT2D eigenvalue weighted by molar-refractivity contribution is -0.126. The first kappa shape index (κ1) is 17.4. The van der Waals surface area contributed by atoms with E-state index in [2.05, 4.69) is 5.32 Å². The van der Waals surface area contributed by atoms with Gasteiger partial charge in [0, 0.05) is 5.69 Å². The Morgan fingerprint density at radius 3 is 2.56 bits per heavy atom. The van der Waals surface area contributed by atoms with Crippen molar-refractivity contribution in [2.45, 2.75) is 6.92 Å². The number of carbonyl (C=O) groups excluding carboxylic acids is 2. The van der Waals surface area contributed by atoms with Crippen molar-refractivity contribution in [3.63, 3.8) is 0 Å². The van der Waals surface area contributed by atoms with E-state index in [1.165, 1.54) is 16.7 Å². The average molecular weight is 368 g/mol. The molecule has 0 unspecified atom stereocenters. The number of hydrogen-bond donors (Lipinski definition) is 1. The zero-order chi connectivity index (χ0) is 17.8. The van der Waals surface area contributed by atoms with Gasteiger partial charge in [-0.2, -0.15) is 0 Å². The first-order chi connectivity index (χ1) is 12.0. The minimum absolute atomic E-state index is 0.0921. The van der Waals surface area contributed by atoms with Crippen molar-refractivity contribution in [1.29, 1.82) is 0 Å². The molecule has 0 aliphatic carbocycles. The summed E-state index contributed by atoms with van der Waals surface area (Å²) in [7, 11) is 0. The van der Waals surface area contributed by atoms with Crippen molar-refractivity contribution in [2.75, 3.05) is 11.9 Å². The second kappa shape index (κ2) is 7.63. The van der Waals surface area contributed by atoms with Crippen LogP contribution >= 0.6 is 24.0 Å². The Hall–Kier alpha value is -2.44. The zero-order valence-corrected chi connectivity index (χ0v) is 15.2. The van der Waals surface area contributed by atoms with Gasteiger partial charge in [0.25, 0.3) is 5.91 Å². The molecule has 1 fully saturated rings. The van der Waals surface area contributed by atoms with Gasteiger partial charge in [0.15, 0.2) is 0 Å². The molecule has 4 nitrogen and oxygen atoms in total. The topological polar surface area (TPSA) is 49.4 Å². The number of nitrogens with zero attached hydrogens (tertiary/aromatic N) is 1. The second-order valence-corrected chi connectivity index (χ2v) is 7.22. The summed E-state index contributed by atoms with van der Waals surface area (Å²) in [5.74, 6) is -0.509. The van der Waals surface area contributed by atoms with Crippen LogP contribution in [0.5, 0.6) is 0 Å². The maximum Gasteiger partial charge on any atom is 0.266 e. The number of nitrogens with one attached hydrogen (secondary N) is 1. The summed E-state index contributed by atoms with van der Waals surface area (Å²) < 4.78 is 0.395. The highest BCUT2D eigenvalue weighted by atomic mass is 32.2. The van der Waals surface area contributed by atoms with Crippen molar-refractivity contribution in [1.82, 2.24) is 4.90 Å². The van der Waals surface area contributed by atoms with Crippen molar-refractivity contribution in [3.05, 3.63) is 70.6 Å². The number of anilines is 1. The first-order valence-corrected chi connectivity index (χ1v) is 8.93. The molecule has 1 aliphatic rings. The lowest BCUT2D eigenvalue weighted by Crippen LogP contribution is -2.36. The number of aryl methyl sites for hydroxylation is 1. The van der Waals surface area contributed by atoms with Crippen LogP contribution in [-0.4, -0.2) is 27.6 Å². The molecule has 0 aromatic heterocycles. The van der Waals surface area contributed by atoms with E-state index in [1.807, 2.05) is 61.5 Å². The molecule has 2 aromatic rings. The Morgan fingerprint density at radius 1 is 1.16 bits per heavy atom. The van der Waals surface area contributed by atoms with E-state index in [4.69, 9.17) is 12.2 Å². The largest absolute Gasteiger partial charge is 0.324 e. The normalized spacial score (nSPS) is 15.7. The van der Waals surface area contributed by atoms with E-state index in [-0.39, 0.29) is 18.4 Å². The SMILES string of the molecule is Cc1ccccc1NC(=O)CN1C(=O)C(=Cc2ccccc2)SC1=S. The standard InChI is InChI=1S/C19H16N2O2S2/c1-13-7-5-6-10-15(13)20-17(22)12-21-18(23)16(25-19(21)24)11-14-8-3-2-4-9-14/h2-11H,12H2,1H3,(H,20,22). The molecule has 0 spiro atoms. The van der Waals surface area contributed by atoms with Crippen LogP contribution in [0.3, 0.4) is 0 Å². The van der Waals surface area contributed by atoms with E-state index >= 15 is 0 Å². The number of benzene rings is 2. The molecule has 2 amide bonds. The quantitative estimate of drug-likeness (QED) is 0.658. The summed E-state index contributed by atoms with van der Waals surface area (Å²) in [6.07, 6.45) is 1.79. The van der Waals surface area contributed by atoms with E-state index < -0.39 is 0 Å². The molecule has 0 radical (unpaired) electrons. The lowest BCUT2D eigenvalue weighted by Gasteiger charge is -2.15. The van der Waals surface area contributed by atoms with Crippen LogP contribution in [0, 0.1) is 6.92 Å². The summed E-state index contributed by atoms with van der Waals surface area (Å²) in [4.78, 5) is 26.7. The Kier molecular flexibility index (Phi) is 5.31. The first-order valence-electron chi connectivity index (χ1n) is 7.70. The van der Waals surface area contributed by atoms with Crippen molar-refractivity contribution in [3.8, 4) is 0 Å². The molecule has 0 saturated carbocycles. The Bertz CT molecular complexity index is 863. The zero-order valence-electron chi connectivity index (χ0n) is 13.6. The van der Waals surface area contributed by atoms with Gasteiger partial charge in [-0.25, -0.2) is 0 Å². The van der Waals surface area contributed by atoms with Crippen molar-refractivity contribution >= 4 is 51.9 Å². The maximum absolute atomic E-state index is 12.5. The van der Waals surface area contributed by atoms with Gasteiger partial charge in [-0.3, -0.25) is 14.5 Å². The molecule has 1 aliphatic heterocycles. The molecule has 0 atom stereocenters. The highest BCUT2D eigenvalue weighted by Crippen LogP contribution is 2.32. The highest BCUT2D eigenvalue weighted by molar-refractivity contribution is 8.26. The minimum atomic E-state index is -0.272. The predicted molar refractivity (Wildman–Crippen MR) is 106 cm³/mol. The van der Waals surface area contributed by atoms with E-state index in [0.717, 1.165) is 16.8 Å². The summed E-state index contributed by atoms with van der Waals surface area (Å²) >= 11 is 6.48. The Morgan fingerprint density at radius 2 is 1.84 bits per heavy atom. The third-order valence-electron chi connectivity index (χ3n) is 3.69. The highest BCUT2D eigenvalue weighted by Gasteiger charge is 2.33. The van der Waals surface area contributed by atoms with Gasteiger partial charge < -0.3 is 5.32 Å². The number of amides is 2. The molecule has 1 saturated heterocycles. The molecule has 1 heterocycles. The van der Waals surface area contributed by atoms with Gasteiger partial charge in [0.2, 0.25) is 5.91 Å². The third-order valence-corrected chi connectivity index (χ3v) is 5.07. The molecule has 25 heavy (non-hydrogen) atoms. The second-order valence-electron chi connectivity index (χ2n) is 5.54. The van der Waals surface area contributed by atoms with Crippen LogP contribution in [-0.2, 0) is 9.59 Å². The molecule has 1 N–H and O–H groups in total. The number of carbonyl (C=O) groups is 2. The number of rotatable bonds is 4. The van der Waals surface area contributed by atoms with Gasteiger partial charge >= 0.3 is 0 Å². The van der Waals surface area contributed by atoms with Crippen molar-refractivity contribution < 1.29 is 9.59 Å². The summed E-state index contributed by atoms with van der Waals surface area (Å²) in [6, 6.07) is 17.1. The number of para-hydroxylation sites is 1. The lowest BCUT2D eigenvalue weighted by atomic mass is 10.2. The summed E-state index contributed by atoms with van der Waals surface area (Å²) in [5.41, 5.74) is 2.62. The third kappa shape index (κ3) is 4.15. The van der Waals surface area contributed by atoms with E-state index in [0.29, 0.717) is 9.23 Å². The van der Waals surface area contributed by atoms with Gasteiger partial charge in [-0.15, -0.1) is 0 Å². The number of hydrogen-bond acceptors (Lipinski definition) is 4. The van der Waals surface area contributed by atoms with Crippen LogP contribution in [0.1, 0.15) is 11.1 Å². The van der Waals surface area contributed by atoms with Crippen LogP contribution < -0.4 is 5.32 Å². The number of thiocarbonyl (C=S) groups is 1. The molecular weight excluding hydrogens is 352 g/mol. The monoisotopic (exact) mass is 368 g/mol. The summed E-state index contributed by atoms with van der Waals surface area (Å²) in [6.45, 7) is 1.82. The van der Waals surface area contributed by atoms with Gasteiger partial charge in [-0.1, -0.05) is 72.5 Å². The van der Waals surface area contributed by atoms with Crippen LogP contribution in [0.4, 0.5) is 5.69 Å². The number of thioether (sulfide) groups is 1. The fourth-order valence-electron chi connectivity index (χ4n) is 2.38. The molecule has 0 bridgehead atoms. The predicted octanol–water partition coefficient (Wildman–Crippen LogP) is 3.83. The molecule has 126 valence electrons. The van der Waals surface area contributed by atoms with E-state index in [1.54, 1.807) is 6.08 Å². The van der Waals surface area contributed by atoms with Crippen molar-refractivity contribution in [2.24, 2.45) is 0 Å². The average Bonchev–Trinajstić information content (AvgIpc) is 2.85. The minimum Gasteiger partial charge on any atom is -0.324 e. The smallest absolute Gasteiger partial charge is 0.266 e. The van der Waals surface area contributed by atoms with Crippen LogP contribution in [0.2, 0.25) is 0 Å². The summed E-state index contributed by atoms with van der Waals surface area (Å²) in [5, 5.41) is 2.82. The van der Waals surface area contributed by atoms with Crippen LogP contribution in [0.25, 0.3) is 6.08 Å². The maximum atomic E-state index is 12.5. The molecule has 3 rings (SSSR count). The van der Waals surface area contributed by atoms with Gasteiger partial charge in [-0.05, 0) is 30.2 Å². The fourth-order valence-corrected chi connectivity index (χ4v) is 3.64. The van der Waals surface area contributed by atoms with Crippen LogP contribution in [0.15, 0.2) is 59.5 Å². The fraction of sp³-hybridized carbons (Fsp3) is 0.105. The molecule has 6 heteroatoms. The van der Waals surface area contributed by atoms with Gasteiger partial charge in [0.05, 0.1) is 4.91 Å². The Labute approximate surface area is 155 Å². The van der Waals surface area contributed by atoms with E-state index in [9.17, 15) is 9.59 Å².